The van der Waals surface area contributed by atoms with E-state index in [1.807, 2.05) is 0 Å². The Morgan fingerprint density at radius 2 is 0.930 bits per heavy atom. The topological polar surface area (TPSA) is 127 Å². The van der Waals surface area contributed by atoms with E-state index in [1.165, 1.54) is 24.3 Å². The first-order valence-electron chi connectivity index (χ1n) is 11.7. The molecule has 3 aromatic rings. The second-order valence-electron chi connectivity index (χ2n) is 8.44. The number of allylic oxidation sites excluding steroid dienone is 6. The van der Waals surface area contributed by atoms with Gasteiger partial charge in [0.05, 0.1) is 30.6 Å². The molecule has 3 aromatic carbocycles. The lowest BCUT2D eigenvalue weighted by Crippen LogP contribution is -2.19. The third-order valence-corrected chi connectivity index (χ3v) is 10.2. The molecule has 43 heavy (non-hydrogen) atoms. The standard InChI is InChI=1S/C16H9Cl2NO3S.C12H6Cl3NO3S/c17-13-14(18)16(20)12-9-5-4-8-11(12)15(13)19-23(21,22)10-6-2-1-3-7-10;13-8-6-9(10(14)11(15)12(8)17)16-20(18,19)7-4-2-1-3-5-7/h1-9H;1-6H. The Morgan fingerprint density at radius 1 is 0.488 bits per heavy atom. The number of ketones is 2. The summed E-state index contributed by atoms with van der Waals surface area (Å²) in [7, 11) is -7.94. The van der Waals surface area contributed by atoms with E-state index in [0.717, 1.165) is 6.08 Å². The summed E-state index contributed by atoms with van der Waals surface area (Å²) in [6.45, 7) is 0. The van der Waals surface area contributed by atoms with E-state index in [4.69, 9.17) is 58.0 Å². The Bertz CT molecular complexity index is 2020. The highest BCUT2D eigenvalue weighted by atomic mass is 35.5. The van der Waals surface area contributed by atoms with Crippen LogP contribution in [0, 0.1) is 0 Å². The van der Waals surface area contributed by atoms with Gasteiger partial charge >= 0.3 is 0 Å². The van der Waals surface area contributed by atoms with Crippen LogP contribution < -0.4 is 0 Å². The highest BCUT2D eigenvalue weighted by Crippen LogP contribution is 2.32. The van der Waals surface area contributed by atoms with Gasteiger partial charge in [-0.05, 0) is 30.3 Å². The van der Waals surface area contributed by atoms with Gasteiger partial charge in [0.2, 0.25) is 11.6 Å². The van der Waals surface area contributed by atoms with Crippen LogP contribution in [0.3, 0.4) is 0 Å². The minimum absolute atomic E-state index is 0.00508. The maximum absolute atomic E-state index is 12.4. The van der Waals surface area contributed by atoms with Crippen LogP contribution >= 0.6 is 58.0 Å². The fraction of sp³-hybridized carbons (Fsp3) is 0. The summed E-state index contributed by atoms with van der Waals surface area (Å²) >= 11 is 29.2. The van der Waals surface area contributed by atoms with Crippen molar-refractivity contribution in [2.24, 2.45) is 8.80 Å². The zero-order valence-electron chi connectivity index (χ0n) is 21.2. The van der Waals surface area contributed by atoms with Crippen molar-refractivity contribution in [2.45, 2.75) is 9.79 Å². The van der Waals surface area contributed by atoms with E-state index in [0.29, 0.717) is 5.56 Å². The predicted octanol–water partition coefficient (Wildman–Crippen LogP) is 6.96. The maximum atomic E-state index is 12.4. The fourth-order valence-electron chi connectivity index (χ4n) is 3.59. The first kappa shape index (κ1) is 32.8. The van der Waals surface area contributed by atoms with Crippen molar-refractivity contribution in [1.29, 1.82) is 0 Å². The number of fused-ring (bicyclic) bond motifs is 1. The number of halogens is 5. The van der Waals surface area contributed by atoms with E-state index in [1.54, 1.807) is 60.7 Å². The van der Waals surface area contributed by atoms with Crippen LogP contribution in [-0.2, 0) is 24.8 Å². The first-order chi connectivity index (χ1) is 20.2. The average molecular weight is 717 g/mol. The van der Waals surface area contributed by atoms with Crippen LogP contribution in [0.2, 0.25) is 0 Å². The molecule has 5 rings (SSSR count). The molecule has 0 N–H and O–H groups in total. The van der Waals surface area contributed by atoms with Crippen LogP contribution in [0.1, 0.15) is 15.9 Å². The molecular weight excluding hydrogens is 702 g/mol. The molecule has 220 valence electrons. The smallest absolute Gasteiger partial charge is 0.282 e. The Balaban J connectivity index is 0.000000199. The lowest BCUT2D eigenvalue weighted by atomic mass is 9.94. The van der Waals surface area contributed by atoms with E-state index in [2.05, 4.69) is 8.80 Å². The van der Waals surface area contributed by atoms with Crippen LogP contribution in [0.5, 0.6) is 0 Å². The Morgan fingerprint density at radius 3 is 1.47 bits per heavy atom. The molecule has 0 unspecified atom stereocenters. The quantitative estimate of drug-likeness (QED) is 0.269. The molecule has 0 heterocycles. The summed E-state index contributed by atoms with van der Waals surface area (Å²) in [5.41, 5.74) is 0.399. The highest BCUT2D eigenvalue weighted by Gasteiger charge is 2.30. The molecule has 0 atom stereocenters. The number of rotatable bonds is 4. The van der Waals surface area contributed by atoms with Gasteiger partial charge in [-0.3, -0.25) is 9.59 Å². The molecule has 2 aliphatic carbocycles. The van der Waals surface area contributed by atoms with Gasteiger partial charge < -0.3 is 0 Å². The molecule has 0 bridgehead atoms. The molecule has 0 aliphatic heterocycles. The third-order valence-electron chi connectivity index (χ3n) is 5.64. The zero-order valence-corrected chi connectivity index (χ0v) is 26.6. The molecule has 8 nitrogen and oxygen atoms in total. The van der Waals surface area contributed by atoms with Crippen molar-refractivity contribution in [1.82, 2.24) is 0 Å². The zero-order chi connectivity index (χ0) is 31.5. The van der Waals surface area contributed by atoms with Crippen molar-refractivity contribution in [3.8, 4) is 0 Å². The molecule has 0 saturated heterocycles. The SMILES string of the molecule is O=C1C(Cl)=C(Cl)C(=NS(=O)(=O)c2ccccc2)c2ccccc21.O=C1C(Cl)=CC(=NS(=O)(=O)c2ccccc2)C(Cl)=C1Cl. The molecule has 0 amide bonds. The first-order valence-corrected chi connectivity index (χ1v) is 16.5. The number of carbonyl (C=O) groups is 2. The maximum Gasteiger partial charge on any atom is 0.282 e. The van der Waals surface area contributed by atoms with Crippen LogP contribution in [0.15, 0.2) is 135 Å². The molecule has 0 saturated carbocycles. The van der Waals surface area contributed by atoms with Crippen LogP contribution in [-0.4, -0.2) is 39.8 Å². The minimum Gasteiger partial charge on any atom is -0.288 e. The monoisotopic (exact) mass is 714 g/mol. The van der Waals surface area contributed by atoms with Crippen LogP contribution in [0.25, 0.3) is 0 Å². The van der Waals surface area contributed by atoms with Crippen molar-refractivity contribution >= 4 is 101 Å². The van der Waals surface area contributed by atoms with Crippen molar-refractivity contribution in [3.05, 3.63) is 127 Å². The van der Waals surface area contributed by atoms with Gasteiger partial charge in [0.25, 0.3) is 20.0 Å². The number of benzene rings is 3. The normalized spacial score (nSPS) is 17.5. The fourth-order valence-corrected chi connectivity index (χ4v) is 6.78. The largest absolute Gasteiger partial charge is 0.288 e. The van der Waals surface area contributed by atoms with Gasteiger partial charge in [0.15, 0.2) is 0 Å². The minimum atomic E-state index is -3.98. The van der Waals surface area contributed by atoms with E-state index < -0.39 is 31.6 Å². The predicted molar refractivity (Wildman–Crippen MR) is 168 cm³/mol. The molecule has 0 fully saturated rings. The van der Waals surface area contributed by atoms with Crippen molar-refractivity contribution < 1.29 is 26.4 Å². The van der Waals surface area contributed by atoms with Gasteiger partial charge in [-0.25, -0.2) is 0 Å². The van der Waals surface area contributed by atoms with Crippen molar-refractivity contribution in [2.75, 3.05) is 0 Å². The summed E-state index contributed by atoms with van der Waals surface area (Å²) in [5.74, 6) is -1.13. The molecule has 0 spiro atoms. The Hall–Kier alpha value is -3.09. The lowest BCUT2D eigenvalue weighted by molar-refractivity contribution is -0.111. The van der Waals surface area contributed by atoms with Gasteiger partial charge in [-0.2, -0.15) is 25.6 Å². The highest BCUT2D eigenvalue weighted by molar-refractivity contribution is 7.90. The molecule has 0 radical (unpaired) electrons. The van der Waals surface area contributed by atoms with Gasteiger partial charge in [0.1, 0.15) is 15.8 Å². The summed E-state index contributed by atoms with van der Waals surface area (Å²) in [5, 5.41) is -1.27. The Labute approximate surface area is 271 Å². The molecule has 0 aromatic heterocycles. The number of hydrogen-bond acceptors (Lipinski definition) is 6. The Kier molecular flexibility index (Phi) is 10.1. The second kappa shape index (κ2) is 13.3. The number of carbonyl (C=O) groups excluding carboxylic acids is 2. The summed E-state index contributed by atoms with van der Waals surface area (Å²) in [6.07, 6.45) is 1.07. The molecule has 15 heteroatoms. The van der Waals surface area contributed by atoms with Crippen LogP contribution in [0.4, 0.5) is 0 Å². The molecule has 2 aliphatic rings. The lowest BCUT2D eigenvalue weighted by Gasteiger charge is -2.17. The third kappa shape index (κ3) is 7.18. The summed E-state index contributed by atoms with van der Waals surface area (Å²) < 4.78 is 56.4. The van der Waals surface area contributed by atoms with Crippen molar-refractivity contribution in [3.63, 3.8) is 0 Å². The van der Waals surface area contributed by atoms with Gasteiger partial charge in [0, 0.05) is 11.1 Å². The second-order valence-corrected chi connectivity index (χ2v) is 13.6. The summed E-state index contributed by atoms with van der Waals surface area (Å²) in [4.78, 5) is 23.6. The van der Waals surface area contributed by atoms with E-state index >= 15 is 0 Å². The number of Topliss-reactive ketones (excluding diaryl/α,β-unsaturated/α-hetero) is 2. The van der Waals surface area contributed by atoms with E-state index in [-0.39, 0.29) is 51.9 Å². The number of hydrogen-bond donors (Lipinski definition) is 0. The molecular formula is C28H15Cl5N2O6S2. The van der Waals surface area contributed by atoms with Gasteiger partial charge in [-0.1, -0.05) is 119 Å². The summed E-state index contributed by atoms with van der Waals surface area (Å²) in [6, 6.07) is 21.8. The van der Waals surface area contributed by atoms with Gasteiger partial charge in [-0.15, -0.1) is 0 Å². The number of nitrogens with zero attached hydrogens (tertiary/aromatic N) is 2. The average Bonchev–Trinajstić information content (AvgIpc) is 3.01. The number of sulfonamides is 2. The van der Waals surface area contributed by atoms with E-state index in [9.17, 15) is 26.4 Å².